The van der Waals surface area contributed by atoms with E-state index in [-0.39, 0.29) is 17.7 Å². The van der Waals surface area contributed by atoms with E-state index in [2.05, 4.69) is 10.6 Å². The van der Waals surface area contributed by atoms with Crippen molar-refractivity contribution in [1.29, 1.82) is 0 Å². The minimum Gasteiger partial charge on any atom is -0.349 e. The van der Waals surface area contributed by atoms with E-state index in [1.807, 2.05) is 41.3 Å². The Morgan fingerprint density at radius 1 is 1.06 bits per heavy atom. The van der Waals surface area contributed by atoms with Crippen molar-refractivity contribution in [3.8, 4) is 0 Å². The first kappa shape index (κ1) is 20.8. The number of hydrogen-bond donors (Lipinski definition) is 2. The van der Waals surface area contributed by atoms with Gasteiger partial charge in [-0.25, -0.2) is 0 Å². The summed E-state index contributed by atoms with van der Waals surface area (Å²) in [6, 6.07) is 15.1. The number of likely N-dealkylation sites (tertiary alicyclic amines) is 1. The van der Waals surface area contributed by atoms with Crippen molar-refractivity contribution in [3.05, 3.63) is 71.3 Å². The molecule has 160 valence electrons. The lowest BCUT2D eigenvalue weighted by Crippen LogP contribution is -2.34. The van der Waals surface area contributed by atoms with Gasteiger partial charge >= 0.3 is 0 Å². The van der Waals surface area contributed by atoms with Crippen LogP contribution in [0.25, 0.3) is 6.08 Å². The molecule has 1 saturated carbocycles. The molecule has 1 aliphatic carbocycles. The van der Waals surface area contributed by atoms with Gasteiger partial charge in [0.25, 0.3) is 5.91 Å². The van der Waals surface area contributed by atoms with Crippen molar-refractivity contribution in [1.82, 2.24) is 10.2 Å². The predicted molar refractivity (Wildman–Crippen MR) is 120 cm³/mol. The van der Waals surface area contributed by atoms with Crippen LogP contribution in [0.15, 0.2) is 54.6 Å². The van der Waals surface area contributed by atoms with Crippen LogP contribution in [0.5, 0.6) is 0 Å². The second-order valence-electron chi connectivity index (χ2n) is 8.17. The highest BCUT2D eigenvalue weighted by atomic mass is 16.2. The van der Waals surface area contributed by atoms with Crippen molar-refractivity contribution >= 4 is 29.5 Å². The van der Waals surface area contributed by atoms with Crippen LogP contribution in [-0.2, 0) is 16.1 Å². The molecule has 1 aliphatic heterocycles. The lowest BCUT2D eigenvalue weighted by molar-refractivity contribution is -0.133. The lowest BCUT2D eigenvalue weighted by atomic mass is 10.1. The normalized spacial score (nSPS) is 16.4. The molecule has 1 saturated heterocycles. The standard InChI is InChI=1S/C25H27N3O3/c29-23(14-9-18-7-10-20(11-8-18)25(31)27-21-12-13-21)26-22-5-3-4-19(16-22)17-28-15-2-1-6-24(28)30/h3-5,7-11,14,16,21H,1-2,6,12-13,15,17H2,(H,26,29)(H,27,31)/b14-9+. The fraction of sp³-hybridized carbons (Fsp3) is 0.320. The summed E-state index contributed by atoms with van der Waals surface area (Å²) in [5.41, 5.74) is 3.16. The van der Waals surface area contributed by atoms with E-state index < -0.39 is 0 Å². The van der Waals surface area contributed by atoms with Gasteiger partial charge in [-0.05, 0) is 67.2 Å². The Morgan fingerprint density at radius 2 is 1.87 bits per heavy atom. The molecule has 2 fully saturated rings. The first-order valence-electron chi connectivity index (χ1n) is 10.8. The first-order chi connectivity index (χ1) is 15.1. The molecular weight excluding hydrogens is 390 g/mol. The van der Waals surface area contributed by atoms with Gasteiger partial charge in [-0.15, -0.1) is 0 Å². The third-order valence-electron chi connectivity index (χ3n) is 5.50. The van der Waals surface area contributed by atoms with Crippen molar-refractivity contribution in [3.63, 3.8) is 0 Å². The smallest absolute Gasteiger partial charge is 0.251 e. The summed E-state index contributed by atoms with van der Waals surface area (Å²) >= 11 is 0. The van der Waals surface area contributed by atoms with Gasteiger partial charge in [0.15, 0.2) is 0 Å². The third kappa shape index (κ3) is 6.04. The Labute approximate surface area is 182 Å². The van der Waals surface area contributed by atoms with Crippen molar-refractivity contribution in [2.45, 2.75) is 44.7 Å². The highest BCUT2D eigenvalue weighted by Crippen LogP contribution is 2.20. The molecule has 0 spiro atoms. The zero-order chi connectivity index (χ0) is 21.6. The Bertz CT molecular complexity index is 993. The highest BCUT2D eigenvalue weighted by molar-refractivity contribution is 6.02. The number of carbonyl (C=O) groups excluding carboxylic acids is 3. The average Bonchev–Trinajstić information content (AvgIpc) is 3.58. The Balaban J connectivity index is 1.31. The SMILES string of the molecule is O=C(/C=C/c1ccc(C(=O)NC2CC2)cc1)Nc1cccc(CN2CCCCC2=O)c1. The summed E-state index contributed by atoms with van der Waals surface area (Å²) < 4.78 is 0. The summed E-state index contributed by atoms with van der Waals surface area (Å²) in [6.45, 7) is 1.36. The van der Waals surface area contributed by atoms with Gasteiger partial charge in [0.05, 0.1) is 0 Å². The first-order valence-corrected chi connectivity index (χ1v) is 10.8. The van der Waals surface area contributed by atoms with Gasteiger partial charge in [-0.3, -0.25) is 14.4 Å². The summed E-state index contributed by atoms with van der Waals surface area (Å²) in [6.07, 6.45) is 7.93. The molecule has 3 amide bonds. The molecular formula is C25H27N3O3. The number of nitrogens with zero attached hydrogens (tertiary/aromatic N) is 1. The molecule has 2 aromatic carbocycles. The van der Waals surface area contributed by atoms with E-state index >= 15 is 0 Å². The zero-order valence-electron chi connectivity index (χ0n) is 17.5. The van der Waals surface area contributed by atoms with Crippen LogP contribution in [0.1, 0.15) is 53.6 Å². The summed E-state index contributed by atoms with van der Waals surface area (Å²) in [5.74, 6) is -0.0941. The van der Waals surface area contributed by atoms with E-state index in [9.17, 15) is 14.4 Å². The number of piperidine rings is 1. The van der Waals surface area contributed by atoms with E-state index in [1.54, 1.807) is 18.2 Å². The van der Waals surface area contributed by atoms with Crippen LogP contribution in [0.4, 0.5) is 5.69 Å². The van der Waals surface area contributed by atoms with Crippen LogP contribution in [0, 0.1) is 0 Å². The molecule has 2 aromatic rings. The number of nitrogens with one attached hydrogen (secondary N) is 2. The zero-order valence-corrected chi connectivity index (χ0v) is 17.5. The second kappa shape index (κ2) is 9.60. The van der Waals surface area contributed by atoms with Gasteiger partial charge in [-0.2, -0.15) is 0 Å². The van der Waals surface area contributed by atoms with Crippen molar-refractivity contribution in [2.24, 2.45) is 0 Å². The Kier molecular flexibility index (Phi) is 6.46. The molecule has 0 bridgehead atoms. The molecule has 2 aliphatic rings. The van der Waals surface area contributed by atoms with E-state index in [0.29, 0.717) is 30.3 Å². The van der Waals surface area contributed by atoms with Crippen molar-refractivity contribution in [2.75, 3.05) is 11.9 Å². The molecule has 0 unspecified atom stereocenters. The predicted octanol–water partition coefficient (Wildman–Crippen LogP) is 3.74. The number of anilines is 1. The van der Waals surface area contributed by atoms with Crippen LogP contribution in [0.3, 0.4) is 0 Å². The molecule has 31 heavy (non-hydrogen) atoms. The summed E-state index contributed by atoms with van der Waals surface area (Å²) in [4.78, 5) is 38.2. The summed E-state index contributed by atoms with van der Waals surface area (Å²) in [5, 5.41) is 5.82. The molecule has 1 heterocycles. The molecule has 6 nitrogen and oxygen atoms in total. The monoisotopic (exact) mass is 417 g/mol. The molecule has 6 heteroatoms. The fourth-order valence-electron chi connectivity index (χ4n) is 3.59. The van der Waals surface area contributed by atoms with Gasteiger partial charge in [0, 0.05) is 42.9 Å². The third-order valence-corrected chi connectivity index (χ3v) is 5.50. The molecule has 0 radical (unpaired) electrons. The number of carbonyl (C=O) groups is 3. The molecule has 0 atom stereocenters. The average molecular weight is 418 g/mol. The highest BCUT2D eigenvalue weighted by Gasteiger charge is 2.23. The van der Waals surface area contributed by atoms with E-state index in [4.69, 9.17) is 0 Å². The molecule has 4 rings (SSSR count). The van der Waals surface area contributed by atoms with E-state index in [1.165, 1.54) is 6.08 Å². The second-order valence-corrected chi connectivity index (χ2v) is 8.17. The van der Waals surface area contributed by atoms with Gasteiger partial charge in [-0.1, -0.05) is 24.3 Å². The van der Waals surface area contributed by atoms with Crippen molar-refractivity contribution < 1.29 is 14.4 Å². The maximum atomic E-state index is 12.3. The molecule has 2 N–H and O–H groups in total. The Hall–Kier alpha value is -3.41. The minimum atomic E-state index is -0.234. The molecule has 0 aromatic heterocycles. The fourth-order valence-corrected chi connectivity index (χ4v) is 3.59. The largest absolute Gasteiger partial charge is 0.349 e. The van der Waals surface area contributed by atoms with Crippen LogP contribution >= 0.6 is 0 Å². The quantitative estimate of drug-likeness (QED) is 0.674. The number of hydrogen-bond acceptors (Lipinski definition) is 3. The number of amides is 3. The maximum absolute atomic E-state index is 12.3. The van der Waals surface area contributed by atoms with Gasteiger partial charge in [0.2, 0.25) is 11.8 Å². The van der Waals surface area contributed by atoms with Crippen LogP contribution < -0.4 is 10.6 Å². The maximum Gasteiger partial charge on any atom is 0.251 e. The Morgan fingerprint density at radius 3 is 2.61 bits per heavy atom. The van der Waals surface area contributed by atoms with Crippen LogP contribution in [-0.4, -0.2) is 35.2 Å². The van der Waals surface area contributed by atoms with Crippen LogP contribution in [0.2, 0.25) is 0 Å². The van der Waals surface area contributed by atoms with Gasteiger partial charge < -0.3 is 15.5 Å². The number of benzene rings is 2. The van der Waals surface area contributed by atoms with E-state index in [0.717, 1.165) is 43.4 Å². The lowest BCUT2D eigenvalue weighted by Gasteiger charge is -2.26. The summed E-state index contributed by atoms with van der Waals surface area (Å²) in [7, 11) is 0. The topological polar surface area (TPSA) is 78.5 Å². The van der Waals surface area contributed by atoms with Gasteiger partial charge in [0.1, 0.15) is 0 Å². The minimum absolute atomic E-state index is 0.0538. The number of rotatable bonds is 7.